The van der Waals surface area contributed by atoms with E-state index in [1.54, 1.807) is 16.8 Å². The molecule has 0 unspecified atom stereocenters. The second-order valence-electron chi connectivity index (χ2n) is 10.2. The van der Waals surface area contributed by atoms with E-state index in [2.05, 4.69) is 4.98 Å². The summed E-state index contributed by atoms with van der Waals surface area (Å²) in [5.41, 5.74) is 3.88. The third-order valence-electron chi connectivity index (χ3n) is 7.13. The molecule has 6 rings (SSSR count). The molecule has 4 aromatic rings. The average molecular weight is 571 g/mol. The lowest BCUT2D eigenvalue weighted by Gasteiger charge is -2.10. The summed E-state index contributed by atoms with van der Waals surface area (Å²) in [6.07, 6.45) is 4.78. The molecule has 2 fully saturated rings. The molecule has 2 aromatic carbocycles. The molecule has 39 heavy (non-hydrogen) atoms. The van der Waals surface area contributed by atoms with Crippen molar-refractivity contribution in [2.75, 3.05) is 0 Å². The summed E-state index contributed by atoms with van der Waals surface area (Å²) in [6.45, 7) is 0. The Balaban J connectivity index is 1.52. The number of rotatable bonds is 9. The number of carbonyl (C=O) groups is 1. The molecule has 3 N–H and O–H groups in total. The lowest BCUT2D eigenvalue weighted by molar-refractivity contribution is 0.0691. The Morgan fingerprint density at radius 3 is 2.49 bits per heavy atom. The van der Waals surface area contributed by atoms with Crippen molar-refractivity contribution in [2.24, 2.45) is 11.1 Å². The lowest BCUT2D eigenvalue weighted by atomic mass is 9.95. The number of primary sulfonamides is 1. The molecule has 0 spiro atoms. The normalized spacial score (nSPS) is 15.6. The first-order valence-corrected chi connectivity index (χ1v) is 14.9. The van der Waals surface area contributed by atoms with Crippen LogP contribution in [0.15, 0.2) is 46.7 Å². The topological polar surface area (TPSA) is 128 Å². The third-order valence-corrected chi connectivity index (χ3v) is 8.89. The summed E-state index contributed by atoms with van der Waals surface area (Å²) in [5, 5.41) is 21.3. The zero-order chi connectivity index (χ0) is 27.5. The van der Waals surface area contributed by atoms with Gasteiger partial charge in [0.15, 0.2) is 5.69 Å². The van der Waals surface area contributed by atoms with Gasteiger partial charge in [-0.15, -0.1) is 11.3 Å². The molecule has 0 amide bonds. The predicted octanol–water partition coefficient (Wildman–Crippen LogP) is 5.04. The van der Waals surface area contributed by atoms with Gasteiger partial charge >= 0.3 is 5.97 Å². The fourth-order valence-electron chi connectivity index (χ4n) is 4.81. The first-order valence-electron chi connectivity index (χ1n) is 12.5. The minimum Gasteiger partial charge on any atom is -0.476 e. The van der Waals surface area contributed by atoms with Crippen LogP contribution in [0, 0.1) is 17.6 Å². The Bertz CT molecular complexity index is 1720. The standard InChI is InChI=1S/C27H24F2N4O4S2/c28-20-7-6-17(12-18(20)16-4-5-16)25-19(9-15-3-8-24(21(29)10-15)39(30,36)37)23(11-14-1-2-14)33(32-25)27-31-22(13-38-27)26(34)35/h3,6-8,10,12-14,16H,1-2,4-5,9,11H2,(H,34,35)(H2,30,36,37). The van der Waals surface area contributed by atoms with Crippen LogP contribution in [-0.2, 0) is 22.9 Å². The molecule has 2 saturated carbocycles. The third kappa shape index (κ3) is 5.23. The molecule has 2 aliphatic carbocycles. The van der Waals surface area contributed by atoms with Gasteiger partial charge in [0.05, 0.1) is 11.4 Å². The molecule has 2 aromatic heterocycles. The quantitative estimate of drug-likeness (QED) is 0.290. The SMILES string of the molecule is NS(=O)(=O)c1ccc(Cc2c(-c3ccc(F)c(C4CC4)c3)nn(-c3nc(C(=O)O)cs3)c2CC2CC2)cc1F. The number of carboxylic acids is 1. The van der Waals surface area contributed by atoms with E-state index in [4.69, 9.17) is 10.2 Å². The van der Waals surface area contributed by atoms with Crippen molar-refractivity contribution in [3.05, 3.63) is 81.5 Å². The number of nitrogens with two attached hydrogens (primary N) is 1. The second kappa shape index (κ2) is 9.61. The van der Waals surface area contributed by atoms with Crippen molar-refractivity contribution in [1.29, 1.82) is 0 Å². The number of sulfonamides is 1. The van der Waals surface area contributed by atoms with E-state index in [0.717, 1.165) is 60.4 Å². The van der Waals surface area contributed by atoms with Crippen molar-refractivity contribution < 1.29 is 27.1 Å². The number of hydrogen-bond acceptors (Lipinski definition) is 6. The molecule has 0 radical (unpaired) electrons. The van der Waals surface area contributed by atoms with Gasteiger partial charge in [-0.05, 0) is 85.4 Å². The fourth-order valence-corrected chi connectivity index (χ4v) is 6.17. The van der Waals surface area contributed by atoms with E-state index in [0.29, 0.717) is 39.9 Å². The minimum absolute atomic E-state index is 0.0931. The molecule has 2 heterocycles. The van der Waals surface area contributed by atoms with Crippen LogP contribution in [0.4, 0.5) is 8.78 Å². The maximum absolute atomic E-state index is 14.7. The maximum Gasteiger partial charge on any atom is 0.355 e. The summed E-state index contributed by atoms with van der Waals surface area (Å²) >= 11 is 1.15. The fraction of sp³-hybridized carbons (Fsp3) is 0.296. The number of halogens is 2. The number of thiazole rings is 1. The zero-order valence-corrected chi connectivity index (χ0v) is 22.2. The van der Waals surface area contributed by atoms with E-state index in [1.165, 1.54) is 17.5 Å². The van der Waals surface area contributed by atoms with Crippen molar-refractivity contribution in [1.82, 2.24) is 14.8 Å². The van der Waals surface area contributed by atoms with Crippen LogP contribution >= 0.6 is 11.3 Å². The number of aromatic carboxylic acids is 1. The molecule has 0 saturated heterocycles. The largest absolute Gasteiger partial charge is 0.476 e. The van der Waals surface area contributed by atoms with Crippen LogP contribution in [0.1, 0.15) is 64.5 Å². The van der Waals surface area contributed by atoms with Gasteiger partial charge in [-0.25, -0.2) is 36.8 Å². The number of hydrogen-bond donors (Lipinski definition) is 2. The molecule has 0 atom stereocenters. The van der Waals surface area contributed by atoms with Gasteiger partial charge in [0.25, 0.3) is 0 Å². The Hall–Kier alpha value is -3.48. The maximum atomic E-state index is 14.7. The van der Waals surface area contributed by atoms with E-state index < -0.39 is 26.7 Å². The van der Waals surface area contributed by atoms with E-state index in [1.807, 2.05) is 0 Å². The van der Waals surface area contributed by atoms with Crippen molar-refractivity contribution in [3.63, 3.8) is 0 Å². The highest BCUT2D eigenvalue weighted by atomic mass is 32.2. The molecule has 2 aliphatic rings. The number of carboxylic acid groups (broad SMARTS) is 1. The van der Waals surface area contributed by atoms with Gasteiger partial charge in [-0.3, -0.25) is 0 Å². The smallest absolute Gasteiger partial charge is 0.355 e. The number of aromatic nitrogens is 3. The Labute approximate surface area is 227 Å². The second-order valence-corrected chi connectivity index (χ2v) is 12.5. The highest BCUT2D eigenvalue weighted by molar-refractivity contribution is 7.89. The summed E-state index contributed by atoms with van der Waals surface area (Å²) in [6, 6.07) is 8.70. The van der Waals surface area contributed by atoms with Gasteiger partial charge < -0.3 is 5.11 Å². The van der Waals surface area contributed by atoms with Gasteiger partial charge in [0, 0.05) is 22.9 Å². The van der Waals surface area contributed by atoms with Crippen LogP contribution in [0.5, 0.6) is 0 Å². The molecule has 0 bridgehead atoms. The summed E-state index contributed by atoms with van der Waals surface area (Å²) in [5.74, 6) is -1.78. The van der Waals surface area contributed by atoms with E-state index >= 15 is 0 Å². The molecule has 202 valence electrons. The van der Waals surface area contributed by atoms with Crippen molar-refractivity contribution in [2.45, 2.75) is 49.3 Å². The van der Waals surface area contributed by atoms with Crippen LogP contribution in [0.3, 0.4) is 0 Å². The molecular formula is C27H24F2N4O4S2. The molecular weight excluding hydrogens is 546 g/mol. The van der Waals surface area contributed by atoms with Crippen LogP contribution < -0.4 is 5.14 Å². The molecule has 0 aliphatic heterocycles. The van der Waals surface area contributed by atoms with Gasteiger partial charge in [0.2, 0.25) is 15.2 Å². The monoisotopic (exact) mass is 570 g/mol. The summed E-state index contributed by atoms with van der Waals surface area (Å²) < 4.78 is 54.5. The van der Waals surface area contributed by atoms with Crippen LogP contribution in [0.2, 0.25) is 0 Å². The Kier molecular flexibility index (Phi) is 6.35. The zero-order valence-electron chi connectivity index (χ0n) is 20.6. The average Bonchev–Trinajstić information content (AvgIpc) is 3.79. The van der Waals surface area contributed by atoms with Crippen LogP contribution in [0.25, 0.3) is 16.4 Å². The van der Waals surface area contributed by atoms with Crippen LogP contribution in [-0.4, -0.2) is 34.3 Å². The van der Waals surface area contributed by atoms with E-state index in [-0.39, 0.29) is 23.8 Å². The van der Waals surface area contributed by atoms with Gasteiger partial charge in [-0.2, -0.15) is 5.10 Å². The number of nitrogens with zero attached hydrogens (tertiary/aromatic N) is 3. The number of benzene rings is 2. The highest BCUT2D eigenvalue weighted by Crippen LogP contribution is 2.43. The van der Waals surface area contributed by atoms with Crippen molar-refractivity contribution >= 4 is 27.3 Å². The first-order chi connectivity index (χ1) is 18.6. The first kappa shape index (κ1) is 25.8. The summed E-state index contributed by atoms with van der Waals surface area (Å²) in [7, 11) is -4.22. The van der Waals surface area contributed by atoms with E-state index in [9.17, 15) is 27.1 Å². The summed E-state index contributed by atoms with van der Waals surface area (Å²) in [4.78, 5) is 15.2. The van der Waals surface area contributed by atoms with Gasteiger partial charge in [-0.1, -0.05) is 6.07 Å². The highest BCUT2D eigenvalue weighted by Gasteiger charge is 2.31. The van der Waals surface area contributed by atoms with Gasteiger partial charge in [0.1, 0.15) is 16.5 Å². The lowest BCUT2D eigenvalue weighted by Crippen LogP contribution is -2.14. The molecule has 12 heteroatoms. The Morgan fingerprint density at radius 1 is 1.10 bits per heavy atom. The minimum atomic E-state index is -4.22. The van der Waals surface area contributed by atoms with Crippen molar-refractivity contribution in [3.8, 4) is 16.4 Å². The Morgan fingerprint density at radius 2 is 1.87 bits per heavy atom. The molecule has 8 nitrogen and oxygen atoms in total. The predicted molar refractivity (Wildman–Crippen MR) is 141 cm³/mol.